The molecule has 0 radical (unpaired) electrons. The highest BCUT2D eigenvalue weighted by atomic mass is 16.6. The Morgan fingerprint density at radius 2 is 1.48 bits per heavy atom. The van der Waals surface area contributed by atoms with Gasteiger partial charge in [-0.3, -0.25) is 4.79 Å². The van der Waals surface area contributed by atoms with Crippen molar-refractivity contribution in [1.82, 2.24) is 0 Å². The fraction of sp³-hybridized carbons (Fsp3) is 0.864. The van der Waals surface area contributed by atoms with Gasteiger partial charge in [-0.15, -0.1) is 0 Å². The Morgan fingerprint density at radius 3 is 2.04 bits per heavy atom. The fourth-order valence-corrected chi connectivity index (χ4v) is 3.25. The highest BCUT2D eigenvalue weighted by Gasteiger charge is 2.36. The van der Waals surface area contributed by atoms with Crippen LogP contribution in [0.15, 0.2) is 12.2 Å². The zero-order chi connectivity index (χ0) is 18.2. The number of epoxide rings is 1. The van der Waals surface area contributed by atoms with Crippen LogP contribution in [0.1, 0.15) is 103 Å². The molecule has 146 valence electrons. The maximum Gasteiger partial charge on any atom is 0.305 e. The van der Waals surface area contributed by atoms with Gasteiger partial charge in [-0.25, -0.2) is 0 Å². The van der Waals surface area contributed by atoms with Crippen LogP contribution in [-0.4, -0.2) is 25.3 Å². The number of hydrogen-bond acceptors (Lipinski definition) is 3. The molecule has 0 amide bonds. The van der Waals surface area contributed by atoms with E-state index in [9.17, 15) is 4.79 Å². The van der Waals surface area contributed by atoms with Gasteiger partial charge in [-0.1, -0.05) is 89.7 Å². The second-order valence-electron chi connectivity index (χ2n) is 7.36. The SMILES string of the molecule is CCCCCCCCCCCCCCC=CC1OC1CCC(=O)OC. The number of rotatable bonds is 17. The Balaban J connectivity index is 1.77. The van der Waals surface area contributed by atoms with Gasteiger partial charge in [-0.05, 0) is 19.3 Å². The van der Waals surface area contributed by atoms with Gasteiger partial charge in [0.15, 0.2) is 0 Å². The number of ether oxygens (including phenoxy) is 2. The number of allylic oxidation sites excluding steroid dienone is 1. The fourth-order valence-electron chi connectivity index (χ4n) is 3.25. The van der Waals surface area contributed by atoms with E-state index in [0.717, 1.165) is 12.8 Å². The minimum Gasteiger partial charge on any atom is -0.469 e. The first-order chi connectivity index (χ1) is 12.3. The van der Waals surface area contributed by atoms with Gasteiger partial charge >= 0.3 is 5.97 Å². The Bertz CT molecular complexity index is 351. The van der Waals surface area contributed by atoms with Crippen LogP contribution in [0.3, 0.4) is 0 Å². The lowest BCUT2D eigenvalue weighted by molar-refractivity contribution is -0.140. The quantitative estimate of drug-likeness (QED) is 0.132. The number of unbranched alkanes of at least 4 members (excludes halogenated alkanes) is 12. The smallest absolute Gasteiger partial charge is 0.305 e. The first kappa shape index (κ1) is 22.2. The molecule has 0 aromatic heterocycles. The van der Waals surface area contributed by atoms with Crippen LogP contribution >= 0.6 is 0 Å². The van der Waals surface area contributed by atoms with Gasteiger partial charge in [0, 0.05) is 6.42 Å². The van der Waals surface area contributed by atoms with E-state index in [-0.39, 0.29) is 18.2 Å². The van der Waals surface area contributed by atoms with Crippen molar-refractivity contribution >= 4 is 5.97 Å². The van der Waals surface area contributed by atoms with E-state index in [4.69, 9.17) is 4.74 Å². The lowest BCUT2D eigenvalue weighted by Crippen LogP contribution is -2.02. The van der Waals surface area contributed by atoms with E-state index in [2.05, 4.69) is 23.8 Å². The summed E-state index contributed by atoms with van der Waals surface area (Å²) in [6.45, 7) is 2.28. The molecule has 1 rings (SSSR count). The summed E-state index contributed by atoms with van der Waals surface area (Å²) < 4.78 is 10.2. The summed E-state index contributed by atoms with van der Waals surface area (Å²) in [5, 5.41) is 0. The summed E-state index contributed by atoms with van der Waals surface area (Å²) in [7, 11) is 1.43. The highest BCUT2D eigenvalue weighted by molar-refractivity contribution is 5.69. The zero-order valence-electron chi connectivity index (χ0n) is 16.6. The predicted molar refractivity (Wildman–Crippen MR) is 105 cm³/mol. The van der Waals surface area contributed by atoms with Crippen LogP contribution in [0.4, 0.5) is 0 Å². The third kappa shape index (κ3) is 13.1. The molecule has 0 bridgehead atoms. The normalized spacial score (nSPS) is 19.4. The first-order valence-electron chi connectivity index (χ1n) is 10.7. The summed E-state index contributed by atoms with van der Waals surface area (Å²) in [6, 6.07) is 0. The molecule has 25 heavy (non-hydrogen) atoms. The summed E-state index contributed by atoms with van der Waals surface area (Å²) in [4.78, 5) is 11.1. The third-order valence-corrected chi connectivity index (χ3v) is 5.03. The Labute approximate surface area is 155 Å². The van der Waals surface area contributed by atoms with Crippen LogP contribution in [0.5, 0.6) is 0 Å². The van der Waals surface area contributed by atoms with Crippen LogP contribution in [-0.2, 0) is 14.3 Å². The van der Waals surface area contributed by atoms with Crippen LogP contribution in [0.25, 0.3) is 0 Å². The molecule has 0 saturated carbocycles. The van der Waals surface area contributed by atoms with E-state index in [1.165, 1.54) is 84.2 Å². The third-order valence-electron chi connectivity index (χ3n) is 5.03. The van der Waals surface area contributed by atoms with Crippen molar-refractivity contribution in [3.8, 4) is 0 Å². The Hall–Kier alpha value is -0.830. The topological polar surface area (TPSA) is 38.8 Å². The lowest BCUT2D eigenvalue weighted by atomic mass is 10.0. The second-order valence-corrected chi connectivity index (χ2v) is 7.36. The predicted octanol–water partition coefficient (Wildman–Crippen LogP) is 6.35. The molecular weight excluding hydrogens is 312 g/mol. The van der Waals surface area contributed by atoms with Gasteiger partial charge in [0.05, 0.1) is 13.2 Å². The lowest BCUT2D eigenvalue weighted by Gasteiger charge is -2.02. The molecule has 0 spiro atoms. The molecular formula is C22H40O3. The number of methoxy groups -OCH3 is 1. The largest absolute Gasteiger partial charge is 0.469 e. The van der Waals surface area contributed by atoms with Crippen LogP contribution in [0, 0.1) is 0 Å². The highest BCUT2D eigenvalue weighted by Crippen LogP contribution is 2.28. The Kier molecular flexibility index (Phi) is 13.7. The van der Waals surface area contributed by atoms with E-state index in [0.29, 0.717) is 6.42 Å². The molecule has 0 N–H and O–H groups in total. The number of hydrogen-bond donors (Lipinski definition) is 0. The minimum absolute atomic E-state index is 0.144. The minimum atomic E-state index is -0.144. The molecule has 2 atom stereocenters. The van der Waals surface area contributed by atoms with E-state index in [1.807, 2.05) is 0 Å². The average Bonchev–Trinajstić information content (AvgIpc) is 3.38. The summed E-state index contributed by atoms with van der Waals surface area (Å²) in [6.07, 6.45) is 24.0. The van der Waals surface area contributed by atoms with Crippen molar-refractivity contribution < 1.29 is 14.3 Å². The molecule has 0 aliphatic carbocycles. The molecule has 1 aliphatic rings. The average molecular weight is 353 g/mol. The second kappa shape index (κ2) is 15.4. The van der Waals surface area contributed by atoms with Crippen molar-refractivity contribution in [2.75, 3.05) is 7.11 Å². The molecule has 3 heteroatoms. The molecule has 3 nitrogen and oxygen atoms in total. The van der Waals surface area contributed by atoms with E-state index < -0.39 is 0 Å². The van der Waals surface area contributed by atoms with Crippen molar-refractivity contribution in [3.63, 3.8) is 0 Å². The number of carbonyl (C=O) groups is 1. The molecule has 0 aromatic carbocycles. The molecule has 2 unspecified atom stereocenters. The van der Waals surface area contributed by atoms with Crippen LogP contribution in [0.2, 0.25) is 0 Å². The number of esters is 1. The molecule has 1 aliphatic heterocycles. The van der Waals surface area contributed by atoms with Crippen molar-refractivity contribution in [3.05, 3.63) is 12.2 Å². The molecule has 0 aromatic rings. The van der Waals surface area contributed by atoms with Gasteiger partial charge in [0.2, 0.25) is 0 Å². The summed E-state index contributed by atoms with van der Waals surface area (Å²) >= 11 is 0. The maximum absolute atomic E-state index is 11.1. The zero-order valence-corrected chi connectivity index (χ0v) is 16.6. The van der Waals surface area contributed by atoms with Crippen molar-refractivity contribution in [2.24, 2.45) is 0 Å². The standard InChI is InChI=1S/C22H40O3/c1-3-4-5-6-7-8-9-10-11-12-13-14-15-16-17-20-21(25-20)18-19-22(23)24-2/h16-17,20-21H,3-15,18-19H2,1-2H3. The molecule has 1 fully saturated rings. The van der Waals surface area contributed by atoms with E-state index in [1.54, 1.807) is 0 Å². The van der Waals surface area contributed by atoms with Crippen molar-refractivity contribution in [1.29, 1.82) is 0 Å². The molecule has 1 heterocycles. The molecule has 1 saturated heterocycles. The summed E-state index contributed by atoms with van der Waals surface area (Å²) in [5.41, 5.74) is 0. The van der Waals surface area contributed by atoms with Gasteiger partial charge in [-0.2, -0.15) is 0 Å². The summed E-state index contributed by atoms with van der Waals surface area (Å²) in [5.74, 6) is -0.144. The maximum atomic E-state index is 11.1. The number of carbonyl (C=O) groups excluding carboxylic acids is 1. The van der Waals surface area contributed by atoms with Crippen LogP contribution < -0.4 is 0 Å². The Morgan fingerprint density at radius 1 is 0.920 bits per heavy atom. The van der Waals surface area contributed by atoms with Gasteiger partial charge in [0.1, 0.15) is 6.10 Å². The van der Waals surface area contributed by atoms with Crippen molar-refractivity contribution in [2.45, 2.75) is 115 Å². The van der Waals surface area contributed by atoms with E-state index >= 15 is 0 Å². The van der Waals surface area contributed by atoms with Gasteiger partial charge in [0.25, 0.3) is 0 Å². The monoisotopic (exact) mass is 352 g/mol. The van der Waals surface area contributed by atoms with Gasteiger partial charge < -0.3 is 9.47 Å². The first-order valence-corrected chi connectivity index (χ1v) is 10.7.